The van der Waals surface area contributed by atoms with Crippen molar-refractivity contribution in [2.24, 2.45) is 5.92 Å². The SMILES string of the molecule is CCCCCC/C=C\CCCCCCCCCC(=O)OC(COC(=O)CCCCCCCCC(C)CCCCCCCC)COP(=O)(O)OC1C(OC2OC(CO)C(O)C(O)C2O)C(O)C(O)C(OC(=O)CCCCCCCCCCCCCCC)C1OC1OC(COC(=O)CCCCCCCCCCCCCCCCCC)C(O)C(O)C1O. The molecule has 2 aliphatic heterocycles. The molecule has 19 atom stereocenters. The lowest BCUT2D eigenvalue weighted by atomic mass is 9.84. The third kappa shape index (κ3) is 51.6. The molecule has 3 fully saturated rings. The fraction of sp³-hybridized carbons (Fsp3) is 0.935. The van der Waals surface area contributed by atoms with E-state index in [0.717, 1.165) is 141 Å². The average molecular weight is 1720 g/mol. The third-order valence-electron chi connectivity index (χ3n) is 23.9. The van der Waals surface area contributed by atoms with E-state index in [4.69, 9.17) is 46.9 Å². The molecule has 0 aromatic heterocycles. The second kappa shape index (κ2) is 71.3. The van der Waals surface area contributed by atoms with Crippen molar-refractivity contribution in [3.8, 4) is 0 Å². The molecule has 119 heavy (non-hydrogen) atoms. The van der Waals surface area contributed by atoms with Gasteiger partial charge in [-0.05, 0) is 57.3 Å². The molecule has 0 aromatic rings. The molecular formula is C93H173O25P. The fourth-order valence-electron chi connectivity index (χ4n) is 16.1. The number of carbonyl (C=O) groups excluding carboxylic acids is 4. The number of hydrogen-bond donors (Lipinski definition) is 10. The van der Waals surface area contributed by atoms with Crippen LogP contribution in [0.25, 0.3) is 0 Å². The van der Waals surface area contributed by atoms with Crippen LogP contribution in [-0.2, 0) is 70.7 Å². The zero-order valence-corrected chi connectivity index (χ0v) is 75.7. The average Bonchev–Trinajstić information content (AvgIpc) is 0.754. The number of hydrogen-bond acceptors (Lipinski definition) is 24. The maximum Gasteiger partial charge on any atom is 0.472 e. The van der Waals surface area contributed by atoms with E-state index in [2.05, 4.69) is 46.8 Å². The minimum atomic E-state index is -5.81. The summed E-state index contributed by atoms with van der Waals surface area (Å²) in [4.78, 5) is 66.6. The van der Waals surface area contributed by atoms with Crippen molar-refractivity contribution in [2.45, 2.75) is 524 Å². The van der Waals surface area contributed by atoms with Gasteiger partial charge in [-0.3, -0.25) is 28.2 Å². The third-order valence-corrected chi connectivity index (χ3v) is 24.9. The molecule has 25 nitrogen and oxygen atoms in total. The van der Waals surface area contributed by atoms with Gasteiger partial charge in [-0.25, -0.2) is 4.57 Å². The van der Waals surface area contributed by atoms with E-state index in [0.29, 0.717) is 44.4 Å². The number of carbonyl (C=O) groups is 4. The van der Waals surface area contributed by atoms with E-state index in [1.165, 1.54) is 180 Å². The lowest BCUT2D eigenvalue weighted by molar-refractivity contribution is -0.360. The van der Waals surface area contributed by atoms with Crippen LogP contribution in [0.4, 0.5) is 0 Å². The monoisotopic (exact) mass is 1720 g/mol. The lowest BCUT2D eigenvalue weighted by Gasteiger charge is -2.50. The molecule has 3 rings (SSSR count). The van der Waals surface area contributed by atoms with Gasteiger partial charge in [0.1, 0.15) is 92.6 Å². The Morgan fingerprint density at radius 1 is 0.353 bits per heavy atom. The van der Waals surface area contributed by atoms with Gasteiger partial charge in [0.05, 0.1) is 13.2 Å². The van der Waals surface area contributed by atoms with Gasteiger partial charge in [0.25, 0.3) is 0 Å². The highest BCUT2D eigenvalue weighted by Gasteiger charge is 2.60. The van der Waals surface area contributed by atoms with Crippen LogP contribution in [0.3, 0.4) is 0 Å². The van der Waals surface area contributed by atoms with Gasteiger partial charge >= 0.3 is 31.7 Å². The fourth-order valence-corrected chi connectivity index (χ4v) is 17.1. The molecule has 0 radical (unpaired) electrons. The number of phosphoric acid groups is 1. The van der Waals surface area contributed by atoms with E-state index in [9.17, 15) is 74.6 Å². The predicted molar refractivity (Wildman–Crippen MR) is 463 cm³/mol. The molecule has 700 valence electrons. The predicted octanol–water partition coefficient (Wildman–Crippen LogP) is 18.2. The Labute approximate surface area is 718 Å². The van der Waals surface area contributed by atoms with Crippen molar-refractivity contribution in [2.75, 3.05) is 26.4 Å². The summed E-state index contributed by atoms with van der Waals surface area (Å²) in [6, 6.07) is 0. The van der Waals surface area contributed by atoms with Crippen LogP contribution in [0.15, 0.2) is 12.2 Å². The minimum absolute atomic E-state index is 0.0187. The first-order chi connectivity index (χ1) is 57.6. The van der Waals surface area contributed by atoms with Crippen LogP contribution in [-0.4, -0.2) is 205 Å². The van der Waals surface area contributed by atoms with Crippen LogP contribution in [0.1, 0.15) is 420 Å². The number of rotatable bonds is 78. The standard InChI is InChI=1S/C93H173O25P/c1-6-10-14-18-22-25-28-31-33-35-37-39-42-45-52-59-65-77(96)110-71-75-81(100)83(102)87(106)93(114-75)117-90-88(115-79(98)67-61-55-47-44-40-36-30-27-24-20-16-12-8-3)84(103)85(104)89(116-92-86(105)82(101)80(99)74(68-94)113-92)91(90)118-119(107,108)111-70-73(112-78(97)66-60-54-46-43-41-38-34-32-29-26-23-19-15-11-7-2)69-109-76(95)64-58-53-49-48-51-57-63-72(5)62-56-50-21-17-13-9-4/h26,29,72-75,80-94,99-106H,6-25,27-28,30-71H2,1-5H3,(H,107,108)/b29-26-. The topological polar surface area (TPSA) is 380 Å². The number of allylic oxidation sites excluding steroid dienone is 2. The van der Waals surface area contributed by atoms with Crippen molar-refractivity contribution < 1.29 is 122 Å². The summed E-state index contributed by atoms with van der Waals surface area (Å²) in [6.07, 6.45) is 29.1. The number of unbranched alkanes of at least 4 members (excludes halogenated alkanes) is 48. The molecule has 0 spiro atoms. The van der Waals surface area contributed by atoms with Gasteiger partial charge in [0.15, 0.2) is 24.8 Å². The number of ether oxygens (including phenoxy) is 8. The molecule has 0 amide bonds. The van der Waals surface area contributed by atoms with Crippen molar-refractivity contribution in [3.05, 3.63) is 12.2 Å². The normalized spacial score (nSPS) is 25.1. The molecule has 3 aliphatic rings. The van der Waals surface area contributed by atoms with E-state index >= 15 is 0 Å². The number of phosphoric ester groups is 1. The van der Waals surface area contributed by atoms with Crippen molar-refractivity contribution in [1.29, 1.82) is 0 Å². The second-order valence-electron chi connectivity index (χ2n) is 34.9. The van der Waals surface area contributed by atoms with Gasteiger partial charge in [-0.15, -0.1) is 0 Å². The van der Waals surface area contributed by atoms with Crippen molar-refractivity contribution in [1.82, 2.24) is 0 Å². The Kier molecular flexibility index (Phi) is 66.1. The minimum Gasteiger partial charge on any atom is -0.463 e. The highest BCUT2D eigenvalue weighted by atomic mass is 31.2. The summed E-state index contributed by atoms with van der Waals surface area (Å²) in [6.45, 7) is 7.94. The van der Waals surface area contributed by atoms with Crippen LogP contribution < -0.4 is 0 Å². The molecule has 19 unspecified atom stereocenters. The highest BCUT2D eigenvalue weighted by molar-refractivity contribution is 7.47. The summed E-state index contributed by atoms with van der Waals surface area (Å²) in [5, 5.41) is 102. The zero-order chi connectivity index (χ0) is 86.9. The molecule has 0 bridgehead atoms. The van der Waals surface area contributed by atoms with Gasteiger partial charge in [-0.2, -0.15) is 0 Å². The molecule has 2 heterocycles. The first kappa shape index (κ1) is 110. The smallest absolute Gasteiger partial charge is 0.463 e. The molecule has 1 aliphatic carbocycles. The molecular weight excluding hydrogens is 1550 g/mol. The Morgan fingerprint density at radius 3 is 1.09 bits per heavy atom. The number of aliphatic hydroxyl groups is 9. The molecule has 0 aromatic carbocycles. The van der Waals surface area contributed by atoms with Gasteiger partial charge in [-0.1, -0.05) is 355 Å². The Balaban J connectivity index is 1.91. The highest BCUT2D eigenvalue weighted by Crippen LogP contribution is 2.49. The van der Waals surface area contributed by atoms with Crippen molar-refractivity contribution in [3.63, 3.8) is 0 Å². The Hall–Kier alpha value is -2.79. The number of esters is 4. The molecule has 1 saturated carbocycles. The molecule has 26 heteroatoms. The second-order valence-corrected chi connectivity index (χ2v) is 36.3. The summed E-state index contributed by atoms with van der Waals surface area (Å²) >= 11 is 0. The maximum absolute atomic E-state index is 14.9. The molecule has 2 saturated heterocycles. The summed E-state index contributed by atoms with van der Waals surface area (Å²) in [7, 11) is -5.81. The van der Waals surface area contributed by atoms with E-state index in [1.54, 1.807) is 0 Å². The summed E-state index contributed by atoms with van der Waals surface area (Å²) in [5.41, 5.74) is 0. The van der Waals surface area contributed by atoms with E-state index < -0.39 is 162 Å². The van der Waals surface area contributed by atoms with Crippen LogP contribution in [0, 0.1) is 5.92 Å². The summed E-state index contributed by atoms with van der Waals surface area (Å²) in [5.74, 6) is -2.27. The van der Waals surface area contributed by atoms with Crippen molar-refractivity contribution >= 4 is 31.7 Å². The van der Waals surface area contributed by atoms with Gasteiger partial charge < -0.3 is 88.7 Å². The first-order valence-electron chi connectivity index (χ1n) is 48.3. The van der Waals surface area contributed by atoms with E-state index in [-0.39, 0.29) is 25.7 Å². The Morgan fingerprint density at radius 2 is 0.681 bits per heavy atom. The van der Waals surface area contributed by atoms with E-state index in [1.807, 2.05) is 0 Å². The summed E-state index contributed by atoms with van der Waals surface area (Å²) < 4.78 is 73.5. The van der Waals surface area contributed by atoms with Crippen LogP contribution >= 0.6 is 7.82 Å². The van der Waals surface area contributed by atoms with Crippen LogP contribution in [0.2, 0.25) is 0 Å². The van der Waals surface area contributed by atoms with Gasteiger partial charge in [0.2, 0.25) is 0 Å². The largest absolute Gasteiger partial charge is 0.472 e. The first-order valence-corrected chi connectivity index (χ1v) is 49.8. The number of aliphatic hydroxyl groups excluding tert-OH is 9. The zero-order valence-electron chi connectivity index (χ0n) is 74.8. The molecule has 10 N–H and O–H groups in total. The van der Waals surface area contributed by atoms with Gasteiger partial charge in [0, 0.05) is 25.7 Å². The Bertz CT molecular complexity index is 2530. The lowest BCUT2D eigenvalue weighted by Crippen LogP contribution is -2.70. The van der Waals surface area contributed by atoms with Crippen LogP contribution in [0.5, 0.6) is 0 Å². The quantitative estimate of drug-likeness (QED) is 0.00889. The maximum atomic E-state index is 14.9.